The van der Waals surface area contributed by atoms with Gasteiger partial charge in [0.1, 0.15) is 0 Å². The molecule has 2 N–H and O–H groups in total. The van der Waals surface area contributed by atoms with Gasteiger partial charge >= 0.3 is 0 Å². The van der Waals surface area contributed by atoms with Gasteiger partial charge in [0.05, 0.1) is 11.1 Å². The molecule has 0 spiro atoms. The van der Waals surface area contributed by atoms with Gasteiger partial charge in [0.25, 0.3) is 5.91 Å². The fraction of sp³-hybridized carbons (Fsp3) is 0.214. The second-order valence-corrected chi connectivity index (χ2v) is 4.12. The summed E-state index contributed by atoms with van der Waals surface area (Å²) in [7, 11) is 0. The van der Waals surface area contributed by atoms with Crippen LogP contribution in [0.15, 0.2) is 36.5 Å². The van der Waals surface area contributed by atoms with Gasteiger partial charge in [-0.3, -0.25) is 14.6 Å². The van der Waals surface area contributed by atoms with Gasteiger partial charge in [-0.25, -0.2) is 0 Å². The van der Waals surface area contributed by atoms with Crippen molar-refractivity contribution >= 4 is 22.7 Å². The maximum Gasteiger partial charge on any atom is 0.253 e. The highest BCUT2D eigenvalue weighted by Gasteiger charge is 2.09. The molecule has 0 saturated heterocycles. The van der Waals surface area contributed by atoms with E-state index >= 15 is 0 Å². The van der Waals surface area contributed by atoms with Crippen molar-refractivity contribution < 1.29 is 9.59 Å². The topological polar surface area (TPSA) is 71.1 Å². The number of para-hydroxylation sites is 1. The molecule has 5 nitrogen and oxygen atoms in total. The molecule has 2 rings (SSSR count). The van der Waals surface area contributed by atoms with Crippen LogP contribution in [0.5, 0.6) is 0 Å². The number of nitrogens with zero attached hydrogens (tertiary/aromatic N) is 1. The van der Waals surface area contributed by atoms with E-state index in [4.69, 9.17) is 0 Å². The van der Waals surface area contributed by atoms with E-state index in [0.29, 0.717) is 24.2 Å². The van der Waals surface area contributed by atoms with Crippen LogP contribution in [-0.2, 0) is 4.79 Å². The molecule has 1 aromatic heterocycles. The summed E-state index contributed by atoms with van der Waals surface area (Å²) in [5.74, 6) is -0.296. The first-order chi connectivity index (χ1) is 9.18. The predicted octanol–water partition coefficient (Wildman–Crippen LogP) is 1.10. The number of carbonyl (C=O) groups excluding carboxylic acids is 2. The second-order valence-electron chi connectivity index (χ2n) is 4.12. The van der Waals surface area contributed by atoms with Gasteiger partial charge < -0.3 is 10.6 Å². The molecule has 19 heavy (non-hydrogen) atoms. The lowest BCUT2D eigenvalue weighted by Crippen LogP contribution is -2.33. The highest BCUT2D eigenvalue weighted by atomic mass is 16.2. The summed E-state index contributed by atoms with van der Waals surface area (Å²) in [6, 6.07) is 9.23. The van der Waals surface area contributed by atoms with Gasteiger partial charge in [-0.05, 0) is 12.1 Å². The van der Waals surface area contributed by atoms with Crippen molar-refractivity contribution in [2.24, 2.45) is 0 Å². The first-order valence-electron chi connectivity index (χ1n) is 6.05. The average Bonchev–Trinajstić information content (AvgIpc) is 2.42. The molecule has 0 aliphatic carbocycles. The van der Waals surface area contributed by atoms with Gasteiger partial charge in [0.2, 0.25) is 5.91 Å². The predicted molar refractivity (Wildman–Crippen MR) is 72.8 cm³/mol. The van der Waals surface area contributed by atoms with E-state index in [9.17, 15) is 9.59 Å². The smallest absolute Gasteiger partial charge is 0.253 e. The van der Waals surface area contributed by atoms with E-state index in [0.717, 1.165) is 5.39 Å². The Bertz CT molecular complexity index is 605. The maximum absolute atomic E-state index is 12.0. The molecule has 2 amide bonds. The Labute approximate surface area is 111 Å². The molecule has 0 atom stereocenters. The Morgan fingerprint density at radius 2 is 1.84 bits per heavy atom. The van der Waals surface area contributed by atoms with Crippen LogP contribution >= 0.6 is 0 Å². The molecule has 2 aromatic rings. The third-order valence-electron chi connectivity index (χ3n) is 2.66. The monoisotopic (exact) mass is 257 g/mol. The van der Waals surface area contributed by atoms with Gasteiger partial charge in [-0.1, -0.05) is 18.2 Å². The first-order valence-corrected chi connectivity index (χ1v) is 6.05. The van der Waals surface area contributed by atoms with Crippen molar-refractivity contribution in [3.8, 4) is 0 Å². The SMILES string of the molecule is CC(=O)NCCNC(=O)c1cccc2cccnc12. The summed E-state index contributed by atoms with van der Waals surface area (Å²) in [4.78, 5) is 27.0. The standard InChI is InChI=1S/C14H15N3O2/c1-10(18)15-8-9-17-14(19)12-6-2-4-11-5-3-7-16-13(11)12/h2-7H,8-9H2,1H3,(H,15,18)(H,17,19). The third kappa shape index (κ3) is 3.28. The van der Waals surface area contributed by atoms with Crippen molar-refractivity contribution in [2.75, 3.05) is 13.1 Å². The van der Waals surface area contributed by atoms with E-state index in [1.807, 2.05) is 24.3 Å². The van der Waals surface area contributed by atoms with E-state index in [1.54, 1.807) is 12.3 Å². The lowest BCUT2D eigenvalue weighted by atomic mass is 10.1. The number of aromatic nitrogens is 1. The second kappa shape index (κ2) is 5.95. The molecule has 0 saturated carbocycles. The summed E-state index contributed by atoms with van der Waals surface area (Å²) >= 11 is 0. The number of fused-ring (bicyclic) bond motifs is 1. The third-order valence-corrected chi connectivity index (χ3v) is 2.66. The van der Waals surface area contributed by atoms with Crippen molar-refractivity contribution in [1.29, 1.82) is 0 Å². The van der Waals surface area contributed by atoms with E-state index in [1.165, 1.54) is 6.92 Å². The zero-order chi connectivity index (χ0) is 13.7. The number of rotatable bonds is 4. The van der Waals surface area contributed by atoms with Crippen LogP contribution in [0.4, 0.5) is 0 Å². The number of hydrogen-bond donors (Lipinski definition) is 2. The normalized spacial score (nSPS) is 10.2. The van der Waals surface area contributed by atoms with Crippen LogP contribution in [0.1, 0.15) is 17.3 Å². The Kier molecular flexibility index (Phi) is 4.07. The minimum absolute atomic E-state index is 0.110. The lowest BCUT2D eigenvalue weighted by molar-refractivity contribution is -0.118. The minimum Gasteiger partial charge on any atom is -0.355 e. The molecule has 98 valence electrons. The molecule has 0 fully saturated rings. The average molecular weight is 257 g/mol. The van der Waals surface area contributed by atoms with Crippen molar-refractivity contribution in [3.63, 3.8) is 0 Å². The van der Waals surface area contributed by atoms with Crippen LogP contribution < -0.4 is 10.6 Å². The number of carbonyl (C=O) groups is 2. The number of pyridine rings is 1. The fourth-order valence-corrected chi connectivity index (χ4v) is 1.80. The molecule has 0 aliphatic rings. The van der Waals surface area contributed by atoms with Gasteiger partial charge in [0, 0.05) is 31.6 Å². The Morgan fingerprint density at radius 1 is 1.11 bits per heavy atom. The molecular formula is C14H15N3O2. The molecule has 0 unspecified atom stereocenters. The fourth-order valence-electron chi connectivity index (χ4n) is 1.80. The molecule has 0 bridgehead atoms. The van der Waals surface area contributed by atoms with Crippen LogP contribution in [0.25, 0.3) is 10.9 Å². The van der Waals surface area contributed by atoms with E-state index < -0.39 is 0 Å². The van der Waals surface area contributed by atoms with E-state index in [-0.39, 0.29) is 11.8 Å². The lowest BCUT2D eigenvalue weighted by Gasteiger charge is -2.07. The molecule has 1 aromatic carbocycles. The molecule has 5 heteroatoms. The van der Waals surface area contributed by atoms with Crippen LogP contribution in [0.3, 0.4) is 0 Å². The van der Waals surface area contributed by atoms with Crippen LogP contribution in [0.2, 0.25) is 0 Å². The quantitative estimate of drug-likeness (QED) is 0.806. The summed E-state index contributed by atoms with van der Waals surface area (Å²) < 4.78 is 0. The number of amides is 2. The molecule has 1 heterocycles. The summed E-state index contributed by atoms with van der Waals surface area (Å²) in [5, 5.41) is 6.30. The largest absolute Gasteiger partial charge is 0.355 e. The van der Waals surface area contributed by atoms with Crippen molar-refractivity contribution in [3.05, 3.63) is 42.1 Å². The van der Waals surface area contributed by atoms with Crippen molar-refractivity contribution in [1.82, 2.24) is 15.6 Å². The minimum atomic E-state index is -0.186. The highest BCUT2D eigenvalue weighted by molar-refractivity contribution is 6.05. The Morgan fingerprint density at radius 3 is 2.63 bits per heavy atom. The zero-order valence-corrected chi connectivity index (χ0v) is 10.6. The number of nitrogens with one attached hydrogen (secondary N) is 2. The first kappa shape index (κ1) is 13.0. The Hall–Kier alpha value is -2.43. The molecule has 0 radical (unpaired) electrons. The highest BCUT2D eigenvalue weighted by Crippen LogP contribution is 2.15. The Balaban J connectivity index is 2.07. The molecular weight excluding hydrogens is 242 g/mol. The van der Waals surface area contributed by atoms with Gasteiger partial charge in [-0.15, -0.1) is 0 Å². The summed E-state index contributed by atoms with van der Waals surface area (Å²) in [5.41, 5.74) is 1.22. The maximum atomic E-state index is 12.0. The van der Waals surface area contributed by atoms with Crippen LogP contribution in [0, 0.1) is 0 Å². The van der Waals surface area contributed by atoms with Crippen molar-refractivity contribution in [2.45, 2.75) is 6.92 Å². The zero-order valence-electron chi connectivity index (χ0n) is 10.6. The van der Waals surface area contributed by atoms with Gasteiger partial charge in [-0.2, -0.15) is 0 Å². The number of benzene rings is 1. The van der Waals surface area contributed by atoms with Gasteiger partial charge in [0.15, 0.2) is 0 Å². The molecule has 0 aliphatic heterocycles. The van der Waals surface area contributed by atoms with E-state index in [2.05, 4.69) is 15.6 Å². The number of hydrogen-bond acceptors (Lipinski definition) is 3. The summed E-state index contributed by atoms with van der Waals surface area (Å²) in [6.45, 7) is 2.25. The summed E-state index contributed by atoms with van der Waals surface area (Å²) in [6.07, 6.45) is 1.66. The van der Waals surface area contributed by atoms with Crippen LogP contribution in [-0.4, -0.2) is 29.9 Å².